The molecule has 0 radical (unpaired) electrons. The zero-order valence-corrected chi connectivity index (χ0v) is 13.1. The molecule has 6 heteroatoms. The van der Waals surface area contributed by atoms with E-state index in [2.05, 4.69) is 5.32 Å². The van der Waals surface area contributed by atoms with E-state index in [4.69, 9.17) is 9.84 Å². The molecule has 2 N–H and O–H groups in total. The number of amides is 2. The summed E-state index contributed by atoms with van der Waals surface area (Å²) in [5, 5.41) is 12.0. The fourth-order valence-corrected chi connectivity index (χ4v) is 2.66. The van der Waals surface area contributed by atoms with Gasteiger partial charge in [0.1, 0.15) is 0 Å². The SMILES string of the molecule is COC(=O)C(C)CN(CCCO)C(=O)NC1CCCCC1. The average Bonchev–Trinajstić information content (AvgIpc) is 2.51. The van der Waals surface area contributed by atoms with E-state index in [0.29, 0.717) is 19.5 Å². The van der Waals surface area contributed by atoms with Crippen molar-refractivity contribution in [1.82, 2.24) is 10.2 Å². The van der Waals surface area contributed by atoms with Gasteiger partial charge in [-0.25, -0.2) is 4.79 Å². The van der Waals surface area contributed by atoms with Crippen molar-refractivity contribution in [1.29, 1.82) is 0 Å². The molecule has 2 amide bonds. The Hall–Kier alpha value is -1.30. The number of carbonyl (C=O) groups excluding carboxylic acids is 2. The van der Waals surface area contributed by atoms with Crippen LogP contribution in [0.3, 0.4) is 0 Å². The summed E-state index contributed by atoms with van der Waals surface area (Å²) in [6.07, 6.45) is 6.09. The molecule has 0 aromatic rings. The highest BCUT2D eigenvalue weighted by atomic mass is 16.5. The molecule has 1 fully saturated rings. The van der Waals surface area contributed by atoms with Crippen molar-refractivity contribution >= 4 is 12.0 Å². The van der Waals surface area contributed by atoms with Crippen LogP contribution in [-0.4, -0.2) is 54.9 Å². The van der Waals surface area contributed by atoms with Gasteiger partial charge in [0.05, 0.1) is 13.0 Å². The number of nitrogens with one attached hydrogen (secondary N) is 1. The van der Waals surface area contributed by atoms with E-state index < -0.39 is 0 Å². The number of hydrogen-bond acceptors (Lipinski definition) is 4. The molecule has 0 aliphatic heterocycles. The first kappa shape index (κ1) is 17.8. The topological polar surface area (TPSA) is 78.9 Å². The van der Waals surface area contributed by atoms with Gasteiger partial charge in [0.15, 0.2) is 0 Å². The van der Waals surface area contributed by atoms with Crippen LogP contribution in [0, 0.1) is 5.92 Å². The maximum absolute atomic E-state index is 12.3. The van der Waals surface area contributed by atoms with E-state index in [1.165, 1.54) is 13.5 Å². The molecule has 0 aromatic heterocycles. The first-order chi connectivity index (χ1) is 10.1. The highest BCUT2D eigenvalue weighted by Gasteiger charge is 2.23. The number of rotatable bonds is 7. The lowest BCUT2D eigenvalue weighted by molar-refractivity contribution is -0.145. The van der Waals surface area contributed by atoms with Crippen LogP contribution in [-0.2, 0) is 9.53 Å². The first-order valence-corrected chi connectivity index (χ1v) is 7.82. The summed E-state index contributed by atoms with van der Waals surface area (Å²) in [7, 11) is 1.35. The third-order valence-electron chi connectivity index (χ3n) is 3.90. The molecule has 0 bridgehead atoms. The molecule has 1 atom stereocenters. The fraction of sp³-hybridized carbons (Fsp3) is 0.867. The fourth-order valence-electron chi connectivity index (χ4n) is 2.66. The second kappa shape index (κ2) is 9.60. The van der Waals surface area contributed by atoms with Crippen LogP contribution in [0.5, 0.6) is 0 Å². The Bertz CT molecular complexity index is 330. The summed E-state index contributed by atoms with van der Waals surface area (Å²) in [5.74, 6) is -0.694. The van der Waals surface area contributed by atoms with Crippen LogP contribution in [0.2, 0.25) is 0 Å². The minimum atomic E-state index is -0.370. The van der Waals surface area contributed by atoms with Crippen molar-refractivity contribution < 1.29 is 19.4 Å². The molecule has 1 rings (SSSR count). The Morgan fingerprint density at radius 3 is 2.57 bits per heavy atom. The highest BCUT2D eigenvalue weighted by molar-refractivity contribution is 5.76. The molecule has 122 valence electrons. The lowest BCUT2D eigenvalue weighted by atomic mass is 9.96. The molecule has 6 nitrogen and oxygen atoms in total. The predicted octanol–water partition coefficient (Wildman–Crippen LogP) is 1.52. The van der Waals surface area contributed by atoms with Gasteiger partial charge in [-0.15, -0.1) is 0 Å². The number of carbonyl (C=O) groups is 2. The number of hydrogen-bond donors (Lipinski definition) is 2. The Morgan fingerprint density at radius 2 is 2.00 bits per heavy atom. The molecule has 0 spiro atoms. The van der Waals surface area contributed by atoms with Crippen LogP contribution < -0.4 is 5.32 Å². The van der Waals surface area contributed by atoms with Gasteiger partial charge in [0.25, 0.3) is 0 Å². The summed E-state index contributed by atoms with van der Waals surface area (Å²) >= 11 is 0. The van der Waals surface area contributed by atoms with E-state index in [1.807, 2.05) is 0 Å². The predicted molar refractivity (Wildman–Crippen MR) is 79.9 cm³/mol. The maximum atomic E-state index is 12.3. The van der Waals surface area contributed by atoms with E-state index in [1.54, 1.807) is 11.8 Å². The second-order valence-corrected chi connectivity index (χ2v) is 5.73. The van der Waals surface area contributed by atoms with Crippen molar-refractivity contribution in [2.75, 3.05) is 26.8 Å². The smallest absolute Gasteiger partial charge is 0.317 e. The number of nitrogens with zero attached hydrogens (tertiary/aromatic N) is 1. The zero-order valence-electron chi connectivity index (χ0n) is 13.1. The summed E-state index contributed by atoms with van der Waals surface area (Å²) in [6, 6.07) is 0.0856. The monoisotopic (exact) mass is 300 g/mol. The van der Waals surface area contributed by atoms with Gasteiger partial charge in [-0.05, 0) is 19.3 Å². The summed E-state index contributed by atoms with van der Waals surface area (Å²) in [5.41, 5.74) is 0. The average molecular weight is 300 g/mol. The number of esters is 1. The highest BCUT2D eigenvalue weighted by Crippen LogP contribution is 2.17. The third-order valence-corrected chi connectivity index (χ3v) is 3.90. The maximum Gasteiger partial charge on any atom is 0.317 e. The minimum absolute atomic E-state index is 0.0276. The largest absolute Gasteiger partial charge is 0.469 e. The van der Waals surface area contributed by atoms with Gasteiger partial charge >= 0.3 is 12.0 Å². The summed E-state index contributed by atoms with van der Waals surface area (Å²) in [4.78, 5) is 25.5. The molecule has 21 heavy (non-hydrogen) atoms. The second-order valence-electron chi connectivity index (χ2n) is 5.73. The van der Waals surface area contributed by atoms with Crippen LogP contribution in [0.1, 0.15) is 45.4 Å². The van der Waals surface area contributed by atoms with Gasteiger partial charge in [-0.1, -0.05) is 26.2 Å². The Morgan fingerprint density at radius 1 is 1.33 bits per heavy atom. The normalized spacial score (nSPS) is 17.1. The molecule has 1 unspecified atom stereocenters. The third kappa shape index (κ3) is 6.33. The number of aliphatic hydroxyl groups excluding tert-OH is 1. The Kier molecular flexibility index (Phi) is 8.12. The quantitative estimate of drug-likeness (QED) is 0.699. The number of methoxy groups -OCH3 is 1. The van der Waals surface area contributed by atoms with Crippen LogP contribution >= 0.6 is 0 Å². The number of urea groups is 1. The molecular weight excluding hydrogens is 272 g/mol. The molecule has 0 aromatic carbocycles. The lowest BCUT2D eigenvalue weighted by Crippen LogP contribution is -2.48. The van der Waals surface area contributed by atoms with Crippen LogP contribution in [0.4, 0.5) is 4.79 Å². The van der Waals surface area contributed by atoms with Crippen LogP contribution in [0.15, 0.2) is 0 Å². The molecule has 1 aliphatic carbocycles. The minimum Gasteiger partial charge on any atom is -0.469 e. The summed E-state index contributed by atoms with van der Waals surface area (Å²) in [6.45, 7) is 2.52. The Balaban J connectivity index is 2.53. The van der Waals surface area contributed by atoms with Crippen molar-refractivity contribution in [3.8, 4) is 0 Å². The van der Waals surface area contributed by atoms with E-state index >= 15 is 0 Å². The first-order valence-electron chi connectivity index (χ1n) is 7.82. The lowest BCUT2D eigenvalue weighted by Gasteiger charge is -2.29. The zero-order chi connectivity index (χ0) is 15.7. The van der Waals surface area contributed by atoms with Gasteiger partial charge in [0, 0.05) is 25.7 Å². The van der Waals surface area contributed by atoms with Gasteiger partial charge < -0.3 is 20.1 Å². The van der Waals surface area contributed by atoms with Crippen molar-refractivity contribution in [2.24, 2.45) is 5.92 Å². The van der Waals surface area contributed by atoms with E-state index in [9.17, 15) is 9.59 Å². The van der Waals surface area contributed by atoms with Gasteiger partial charge in [-0.2, -0.15) is 0 Å². The van der Waals surface area contributed by atoms with Gasteiger partial charge in [-0.3, -0.25) is 4.79 Å². The van der Waals surface area contributed by atoms with E-state index in [-0.39, 0.29) is 30.6 Å². The van der Waals surface area contributed by atoms with Crippen LogP contribution in [0.25, 0.3) is 0 Å². The number of ether oxygens (including phenoxy) is 1. The number of aliphatic hydroxyl groups is 1. The molecule has 0 heterocycles. The van der Waals surface area contributed by atoms with Crippen molar-refractivity contribution in [2.45, 2.75) is 51.5 Å². The molecule has 1 aliphatic rings. The van der Waals surface area contributed by atoms with E-state index in [0.717, 1.165) is 25.7 Å². The molecular formula is C15H28N2O4. The Labute approximate surface area is 126 Å². The molecule has 0 saturated heterocycles. The van der Waals surface area contributed by atoms with Crippen molar-refractivity contribution in [3.05, 3.63) is 0 Å². The summed E-state index contributed by atoms with van der Waals surface area (Å²) < 4.78 is 4.70. The molecule has 1 saturated carbocycles. The standard InChI is InChI=1S/C15H28N2O4/c1-12(14(19)21-2)11-17(9-6-10-18)15(20)16-13-7-4-3-5-8-13/h12-13,18H,3-11H2,1-2H3,(H,16,20). The van der Waals surface area contributed by atoms with Crippen molar-refractivity contribution in [3.63, 3.8) is 0 Å². The van der Waals surface area contributed by atoms with Gasteiger partial charge in [0.2, 0.25) is 0 Å².